The van der Waals surface area contributed by atoms with E-state index in [2.05, 4.69) is 0 Å². The fourth-order valence-electron chi connectivity index (χ4n) is 1.86. The molecule has 0 aromatic carbocycles. The lowest BCUT2D eigenvalue weighted by Gasteiger charge is -2.27. The highest BCUT2D eigenvalue weighted by molar-refractivity contribution is 5.79. The van der Waals surface area contributed by atoms with Crippen molar-refractivity contribution >= 4 is 5.91 Å². The lowest BCUT2D eigenvalue weighted by Crippen LogP contribution is -2.39. The second kappa shape index (κ2) is 5.14. The zero-order valence-corrected chi connectivity index (χ0v) is 9.37. The van der Waals surface area contributed by atoms with Crippen LogP contribution in [0.3, 0.4) is 0 Å². The van der Waals surface area contributed by atoms with Crippen molar-refractivity contribution in [3.63, 3.8) is 0 Å². The average Bonchev–Trinajstić information content (AvgIpc) is 2.17. The molecular weight excluding hydrogens is 195 g/mol. The smallest absolute Gasteiger partial charge is 0.228 e. The van der Waals surface area contributed by atoms with Crippen LogP contribution >= 0.6 is 0 Å². The van der Waals surface area contributed by atoms with E-state index in [0.29, 0.717) is 18.7 Å². The molecular formula is C11H19FN2O. The van der Waals surface area contributed by atoms with E-state index in [1.54, 1.807) is 18.0 Å². The van der Waals surface area contributed by atoms with Crippen LogP contribution in [-0.2, 0) is 4.79 Å². The summed E-state index contributed by atoms with van der Waals surface area (Å²) in [5, 5.41) is 0. The maximum Gasteiger partial charge on any atom is 0.228 e. The number of nitrogens with two attached hydrogens (primary N) is 1. The molecule has 0 saturated carbocycles. The summed E-state index contributed by atoms with van der Waals surface area (Å²) in [5.41, 5.74) is 6.08. The van der Waals surface area contributed by atoms with Gasteiger partial charge < -0.3 is 10.6 Å². The third-order valence-electron chi connectivity index (χ3n) is 2.75. The summed E-state index contributed by atoms with van der Waals surface area (Å²) in [6.07, 6.45) is 2.15. The number of carbonyl (C=O) groups excluding carboxylic acids is 1. The van der Waals surface area contributed by atoms with Crippen LogP contribution in [0, 0.1) is 5.92 Å². The Labute approximate surface area is 90.1 Å². The number of hydrogen-bond donors (Lipinski definition) is 1. The molecule has 4 heteroatoms. The van der Waals surface area contributed by atoms with Gasteiger partial charge in [-0.15, -0.1) is 0 Å². The molecule has 0 fully saturated rings. The third-order valence-corrected chi connectivity index (χ3v) is 2.75. The molecule has 1 aliphatic carbocycles. The van der Waals surface area contributed by atoms with Crippen molar-refractivity contribution in [2.75, 3.05) is 13.6 Å². The van der Waals surface area contributed by atoms with Crippen LogP contribution < -0.4 is 5.73 Å². The molecule has 0 spiro atoms. The number of carbonyl (C=O) groups is 1. The molecule has 0 bridgehead atoms. The van der Waals surface area contributed by atoms with Crippen LogP contribution in [0.15, 0.2) is 11.8 Å². The molecule has 2 atom stereocenters. The van der Waals surface area contributed by atoms with E-state index in [1.165, 1.54) is 0 Å². The third kappa shape index (κ3) is 2.94. The Morgan fingerprint density at radius 1 is 1.73 bits per heavy atom. The maximum atomic E-state index is 13.6. The van der Waals surface area contributed by atoms with Gasteiger partial charge in [-0.1, -0.05) is 13.0 Å². The van der Waals surface area contributed by atoms with Crippen molar-refractivity contribution in [1.29, 1.82) is 0 Å². The molecule has 0 aromatic heterocycles. The largest absolute Gasteiger partial charge is 0.402 e. The van der Waals surface area contributed by atoms with Gasteiger partial charge in [0.25, 0.3) is 0 Å². The molecule has 0 aliphatic heterocycles. The van der Waals surface area contributed by atoms with Crippen LogP contribution in [-0.4, -0.2) is 30.6 Å². The molecule has 3 nitrogen and oxygen atoms in total. The predicted octanol–water partition coefficient (Wildman–Crippen LogP) is 1.45. The monoisotopic (exact) mass is 214 g/mol. The number of rotatable bonds is 3. The first-order valence-electron chi connectivity index (χ1n) is 5.39. The maximum absolute atomic E-state index is 13.6. The number of hydrogen-bond acceptors (Lipinski definition) is 2. The van der Waals surface area contributed by atoms with Gasteiger partial charge in [-0.05, 0) is 12.8 Å². The van der Waals surface area contributed by atoms with E-state index in [4.69, 9.17) is 5.73 Å². The molecule has 86 valence electrons. The van der Waals surface area contributed by atoms with Crippen molar-refractivity contribution in [3.8, 4) is 0 Å². The van der Waals surface area contributed by atoms with Crippen molar-refractivity contribution in [1.82, 2.24) is 4.90 Å². The normalized spacial score (nSPS) is 25.9. The standard InChI is InChI=1S/C11H19FN2O/c1-3-6-14(2)11(15)9-5-4-8(13)7-10(9)12/h4,9-10H,3,5-7,13H2,1-2H3. The van der Waals surface area contributed by atoms with Crippen molar-refractivity contribution in [2.24, 2.45) is 11.7 Å². The highest BCUT2D eigenvalue weighted by atomic mass is 19.1. The molecule has 0 heterocycles. The van der Waals surface area contributed by atoms with Gasteiger partial charge in [0, 0.05) is 25.7 Å². The first kappa shape index (κ1) is 12.0. The van der Waals surface area contributed by atoms with E-state index in [9.17, 15) is 9.18 Å². The highest BCUT2D eigenvalue weighted by Gasteiger charge is 2.32. The summed E-state index contributed by atoms with van der Waals surface area (Å²) in [6, 6.07) is 0. The van der Waals surface area contributed by atoms with Gasteiger partial charge in [0.2, 0.25) is 5.91 Å². The first-order valence-corrected chi connectivity index (χ1v) is 5.39. The number of amides is 1. The number of nitrogens with zero attached hydrogens (tertiary/aromatic N) is 1. The number of halogens is 1. The summed E-state index contributed by atoms with van der Waals surface area (Å²) >= 11 is 0. The fourth-order valence-corrected chi connectivity index (χ4v) is 1.86. The molecule has 2 unspecified atom stereocenters. The molecule has 0 saturated heterocycles. The Balaban J connectivity index is 2.60. The zero-order chi connectivity index (χ0) is 11.4. The summed E-state index contributed by atoms with van der Waals surface area (Å²) in [5.74, 6) is -0.637. The molecule has 1 rings (SSSR count). The Bertz CT molecular complexity index is 265. The van der Waals surface area contributed by atoms with E-state index in [0.717, 1.165) is 6.42 Å². The molecule has 15 heavy (non-hydrogen) atoms. The summed E-state index contributed by atoms with van der Waals surface area (Å²) in [7, 11) is 1.72. The lowest BCUT2D eigenvalue weighted by molar-refractivity contribution is -0.136. The van der Waals surface area contributed by atoms with Crippen LogP contribution in [0.1, 0.15) is 26.2 Å². The predicted molar refractivity (Wildman–Crippen MR) is 57.8 cm³/mol. The van der Waals surface area contributed by atoms with Gasteiger partial charge in [-0.2, -0.15) is 0 Å². The Morgan fingerprint density at radius 3 is 2.93 bits per heavy atom. The average molecular weight is 214 g/mol. The minimum absolute atomic E-state index is 0.104. The summed E-state index contributed by atoms with van der Waals surface area (Å²) in [6.45, 7) is 2.68. The van der Waals surface area contributed by atoms with Gasteiger partial charge in [-0.3, -0.25) is 4.79 Å². The Kier molecular flexibility index (Phi) is 4.12. The van der Waals surface area contributed by atoms with Gasteiger partial charge in [0.05, 0.1) is 5.92 Å². The molecule has 2 N–H and O–H groups in total. The molecule has 0 radical (unpaired) electrons. The van der Waals surface area contributed by atoms with Crippen molar-refractivity contribution < 1.29 is 9.18 Å². The van der Waals surface area contributed by atoms with Crippen LogP contribution in [0.25, 0.3) is 0 Å². The zero-order valence-electron chi connectivity index (χ0n) is 9.37. The Morgan fingerprint density at radius 2 is 2.40 bits per heavy atom. The first-order chi connectivity index (χ1) is 7.06. The molecule has 0 aromatic rings. The number of allylic oxidation sites excluding steroid dienone is 2. The van der Waals surface area contributed by atoms with Gasteiger partial charge in [0.15, 0.2) is 0 Å². The van der Waals surface area contributed by atoms with E-state index >= 15 is 0 Å². The lowest BCUT2D eigenvalue weighted by atomic mass is 9.89. The number of alkyl halides is 1. The quantitative estimate of drug-likeness (QED) is 0.772. The van der Waals surface area contributed by atoms with Crippen LogP contribution in [0.2, 0.25) is 0 Å². The van der Waals surface area contributed by atoms with Gasteiger partial charge >= 0.3 is 0 Å². The van der Waals surface area contributed by atoms with E-state index in [-0.39, 0.29) is 12.3 Å². The highest BCUT2D eigenvalue weighted by Crippen LogP contribution is 2.26. The molecule has 1 amide bonds. The van der Waals surface area contributed by atoms with Crippen LogP contribution in [0.5, 0.6) is 0 Å². The Hall–Kier alpha value is -1.06. The summed E-state index contributed by atoms with van der Waals surface area (Å²) < 4.78 is 13.6. The second-order valence-electron chi connectivity index (χ2n) is 4.10. The van der Waals surface area contributed by atoms with Crippen molar-refractivity contribution in [3.05, 3.63) is 11.8 Å². The van der Waals surface area contributed by atoms with E-state index in [1.807, 2.05) is 6.92 Å². The van der Waals surface area contributed by atoms with E-state index < -0.39 is 12.1 Å². The van der Waals surface area contributed by atoms with Crippen molar-refractivity contribution in [2.45, 2.75) is 32.4 Å². The minimum atomic E-state index is -1.12. The minimum Gasteiger partial charge on any atom is -0.402 e. The van der Waals surface area contributed by atoms with Gasteiger partial charge in [-0.25, -0.2) is 4.39 Å². The molecule has 1 aliphatic rings. The summed E-state index contributed by atoms with van der Waals surface area (Å²) in [4.78, 5) is 13.4. The van der Waals surface area contributed by atoms with Crippen LogP contribution in [0.4, 0.5) is 4.39 Å². The fraction of sp³-hybridized carbons (Fsp3) is 0.727. The topological polar surface area (TPSA) is 46.3 Å². The van der Waals surface area contributed by atoms with Gasteiger partial charge in [0.1, 0.15) is 6.17 Å². The second-order valence-corrected chi connectivity index (χ2v) is 4.10. The SMILES string of the molecule is CCCN(C)C(=O)C1CC=C(N)CC1F.